The highest BCUT2D eigenvalue weighted by Crippen LogP contribution is 2.37. The van der Waals surface area contributed by atoms with E-state index in [1.165, 1.54) is 7.11 Å². The fourth-order valence-electron chi connectivity index (χ4n) is 3.38. The highest BCUT2D eigenvalue weighted by molar-refractivity contribution is 9.11. The van der Waals surface area contributed by atoms with E-state index in [9.17, 15) is 4.79 Å². The number of pyridine rings is 1. The Morgan fingerprint density at radius 1 is 1.32 bits per heavy atom. The molecule has 3 aromatic rings. The van der Waals surface area contributed by atoms with Crippen LogP contribution in [0.2, 0.25) is 0 Å². The number of hydrogen-bond donors (Lipinski definition) is 2. The number of esters is 1. The van der Waals surface area contributed by atoms with Crippen molar-refractivity contribution in [3.8, 4) is 0 Å². The Labute approximate surface area is 161 Å². The molecule has 2 N–H and O–H groups in total. The number of nitrogens with zero attached hydrogens (tertiary/aromatic N) is 1. The van der Waals surface area contributed by atoms with Gasteiger partial charge in [0.15, 0.2) is 0 Å². The summed E-state index contributed by atoms with van der Waals surface area (Å²) in [4.78, 5) is 20.3. The summed E-state index contributed by atoms with van der Waals surface area (Å²) in [6.07, 6.45) is 2.34. The molecule has 128 valence electrons. The summed E-state index contributed by atoms with van der Waals surface area (Å²) < 4.78 is 6.73. The average molecular weight is 465 g/mol. The number of nitrogens with one attached hydrogen (secondary N) is 2. The Morgan fingerprint density at radius 2 is 2.12 bits per heavy atom. The first-order valence-electron chi connectivity index (χ1n) is 7.82. The van der Waals surface area contributed by atoms with Crippen LogP contribution in [0.25, 0.3) is 10.9 Å². The molecule has 0 saturated carbocycles. The Bertz CT molecular complexity index is 970. The van der Waals surface area contributed by atoms with Crippen molar-refractivity contribution < 1.29 is 9.53 Å². The van der Waals surface area contributed by atoms with Gasteiger partial charge in [0, 0.05) is 38.2 Å². The van der Waals surface area contributed by atoms with Crippen molar-refractivity contribution in [1.29, 1.82) is 0 Å². The molecule has 2 atom stereocenters. The highest BCUT2D eigenvalue weighted by atomic mass is 79.9. The van der Waals surface area contributed by atoms with E-state index in [1.807, 2.05) is 24.3 Å². The lowest BCUT2D eigenvalue weighted by Gasteiger charge is -2.30. The number of carbonyl (C=O) groups excluding carboxylic acids is 1. The molecule has 0 saturated heterocycles. The summed E-state index contributed by atoms with van der Waals surface area (Å²) in [6.45, 7) is 0. The van der Waals surface area contributed by atoms with E-state index in [0.717, 1.165) is 36.8 Å². The van der Waals surface area contributed by atoms with Crippen molar-refractivity contribution in [3.63, 3.8) is 0 Å². The van der Waals surface area contributed by atoms with Crippen molar-refractivity contribution in [1.82, 2.24) is 15.3 Å². The number of benzene rings is 1. The Kier molecular flexibility index (Phi) is 4.39. The molecule has 2 aromatic heterocycles. The number of rotatable bonds is 2. The first-order chi connectivity index (χ1) is 12.1. The van der Waals surface area contributed by atoms with Crippen LogP contribution in [0.5, 0.6) is 0 Å². The van der Waals surface area contributed by atoms with E-state index in [4.69, 9.17) is 4.74 Å². The Morgan fingerprint density at radius 3 is 2.88 bits per heavy atom. The Hall–Kier alpha value is -1.70. The number of ether oxygens (including phenoxy) is 1. The van der Waals surface area contributed by atoms with Gasteiger partial charge in [-0.05, 0) is 49.6 Å². The smallest absolute Gasteiger partial charge is 0.323 e. The first-order valence-corrected chi connectivity index (χ1v) is 9.41. The fourth-order valence-corrected chi connectivity index (χ4v) is 4.60. The van der Waals surface area contributed by atoms with Crippen molar-refractivity contribution >= 4 is 48.7 Å². The number of H-pyrrole nitrogens is 1. The lowest BCUT2D eigenvalue weighted by Crippen LogP contribution is -2.45. The molecule has 0 unspecified atom stereocenters. The van der Waals surface area contributed by atoms with Gasteiger partial charge >= 0.3 is 5.97 Å². The fraction of sp³-hybridized carbons (Fsp3) is 0.222. The van der Waals surface area contributed by atoms with Gasteiger partial charge in [-0.2, -0.15) is 0 Å². The molecule has 5 nitrogen and oxygen atoms in total. The minimum atomic E-state index is -0.418. The zero-order chi connectivity index (χ0) is 17.6. The van der Waals surface area contributed by atoms with E-state index in [0.29, 0.717) is 6.42 Å². The van der Waals surface area contributed by atoms with Crippen LogP contribution in [0.4, 0.5) is 0 Å². The second kappa shape index (κ2) is 6.55. The molecular weight excluding hydrogens is 450 g/mol. The van der Waals surface area contributed by atoms with Gasteiger partial charge in [-0.25, -0.2) is 0 Å². The molecule has 0 spiro atoms. The molecule has 0 amide bonds. The molecule has 4 rings (SSSR count). The van der Waals surface area contributed by atoms with Gasteiger partial charge in [-0.1, -0.05) is 18.2 Å². The van der Waals surface area contributed by atoms with Crippen LogP contribution in [0.15, 0.2) is 45.5 Å². The van der Waals surface area contributed by atoms with Gasteiger partial charge in [-0.3, -0.25) is 15.1 Å². The van der Waals surface area contributed by atoms with Gasteiger partial charge in [-0.15, -0.1) is 0 Å². The number of para-hydroxylation sites is 1. The van der Waals surface area contributed by atoms with Crippen LogP contribution in [-0.4, -0.2) is 29.1 Å². The molecule has 3 heterocycles. The number of methoxy groups -OCH3 is 1. The molecule has 1 aromatic carbocycles. The summed E-state index contributed by atoms with van der Waals surface area (Å²) in [5.41, 5.74) is 4.05. The van der Waals surface area contributed by atoms with Crippen molar-refractivity contribution in [2.24, 2.45) is 0 Å². The summed E-state index contributed by atoms with van der Waals surface area (Å²) in [5.74, 6) is -0.269. The quantitative estimate of drug-likeness (QED) is 0.565. The van der Waals surface area contributed by atoms with Gasteiger partial charge in [0.05, 0.1) is 18.8 Å². The molecule has 7 heteroatoms. The maximum Gasteiger partial charge on any atom is 0.323 e. The summed E-state index contributed by atoms with van der Waals surface area (Å²) in [5, 5.41) is 4.51. The number of hydrogen-bond acceptors (Lipinski definition) is 4. The van der Waals surface area contributed by atoms with Crippen LogP contribution < -0.4 is 5.32 Å². The maximum atomic E-state index is 12.2. The predicted molar refractivity (Wildman–Crippen MR) is 102 cm³/mol. The normalized spacial score (nSPS) is 19.6. The lowest BCUT2D eigenvalue weighted by atomic mass is 9.92. The summed E-state index contributed by atoms with van der Waals surface area (Å²) in [7, 11) is 1.41. The van der Waals surface area contributed by atoms with Gasteiger partial charge in [0.1, 0.15) is 6.04 Å². The lowest BCUT2D eigenvalue weighted by molar-refractivity contribution is -0.143. The molecule has 25 heavy (non-hydrogen) atoms. The second-order valence-corrected chi connectivity index (χ2v) is 7.73. The third-order valence-corrected chi connectivity index (χ3v) is 5.58. The van der Waals surface area contributed by atoms with Crippen molar-refractivity contribution in [2.75, 3.05) is 7.11 Å². The topological polar surface area (TPSA) is 67.0 Å². The van der Waals surface area contributed by atoms with Crippen molar-refractivity contribution in [3.05, 3.63) is 62.4 Å². The average Bonchev–Trinajstić information content (AvgIpc) is 2.99. The molecule has 0 bridgehead atoms. The molecule has 1 aliphatic rings. The van der Waals surface area contributed by atoms with E-state index >= 15 is 0 Å². The minimum absolute atomic E-state index is 0.234. The summed E-state index contributed by atoms with van der Waals surface area (Å²) in [6, 6.07) is 9.43. The van der Waals surface area contributed by atoms with Crippen LogP contribution in [0.3, 0.4) is 0 Å². The summed E-state index contributed by atoms with van der Waals surface area (Å²) >= 11 is 7.02. The Balaban J connectivity index is 1.90. The number of halogens is 2. The number of carbonyl (C=O) groups is 1. The van der Waals surface area contributed by atoms with Gasteiger partial charge in [0.25, 0.3) is 0 Å². The monoisotopic (exact) mass is 463 g/mol. The zero-order valence-electron chi connectivity index (χ0n) is 13.3. The molecule has 0 aliphatic carbocycles. The minimum Gasteiger partial charge on any atom is -0.468 e. The molecule has 1 aliphatic heterocycles. The van der Waals surface area contributed by atoms with E-state index in [2.05, 4.69) is 53.2 Å². The number of aromatic nitrogens is 2. The van der Waals surface area contributed by atoms with Crippen LogP contribution in [0, 0.1) is 0 Å². The SMILES string of the molecule is COC(=O)[C@@H]1Cc2c([nH]c3ccccc23)[C@@H](c2ncc(Br)cc2Br)N1. The van der Waals surface area contributed by atoms with E-state index in [-0.39, 0.29) is 12.0 Å². The van der Waals surface area contributed by atoms with Crippen LogP contribution >= 0.6 is 31.9 Å². The molecule has 0 radical (unpaired) electrons. The van der Waals surface area contributed by atoms with Crippen LogP contribution in [0.1, 0.15) is 23.0 Å². The third kappa shape index (κ3) is 2.90. The molecular formula is C18H15Br2N3O2. The predicted octanol–water partition coefficient (Wildman–Crippen LogP) is 3.86. The third-order valence-electron chi connectivity index (χ3n) is 4.51. The maximum absolute atomic E-state index is 12.2. The largest absolute Gasteiger partial charge is 0.468 e. The van der Waals surface area contributed by atoms with Crippen molar-refractivity contribution in [2.45, 2.75) is 18.5 Å². The molecule has 0 fully saturated rings. The highest BCUT2D eigenvalue weighted by Gasteiger charge is 2.35. The van der Waals surface area contributed by atoms with Gasteiger partial charge in [0.2, 0.25) is 0 Å². The first kappa shape index (κ1) is 16.8. The zero-order valence-corrected chi connectivity index (χ0v) is 16.5. The standard InChI is InChI=1S/C18H15Br2N3O2/c1-25-18(24)14-7-11-10-4-2-3-5-13(10)22-15(11)17(23-14)16-12(20)6-9(19)8-21-16/h2-6,8,14,17,22-23H,7H2,1H3/t14-,17-/m0/s1. The number of fused-ring (bicyclic) bond motifs is 3. The van der Waals surface area contributed by atoms with E-state index in [1.54, 1.807) is 6.20 Å². The van der Waals surface area contributed by atoms with E-state index < -0.39 is 6.04 Å². The second-order valence-electron chi connectivity index (χ2n) is 5.96. The van der Waals surface area contributed by atoms with Gasteiger partial charge < -0.3 is 9.72 Å². The van der Waals surface area contributed by atoms with Crippen LogP contribution in [-0.2, 0) is 16.0 Å². The number of aromatic amines is 1.